The minimum Gasteiger partial charge on any atom is -0.475 e. The zero-order valence-corrected chi connectivity index (χ0v) is 23.5. The highest BCUT2D eigenvalue weighted by Gasteiger charge is 2.39. The summed E-state index contributed by atoms with van der Waals surface area (Å²) in [5.74, 6) is -5.31. The fourth-order valence-corrected chi connectivity index (χ4v) is 3.43. The second-order valence-electron chi connectivity index (χ2n) is 9.05. The molecule has 21 heteroatoms. The molecule has 2 heterocycles. The number of carboxylic acids is 2. The van der Waals surface area contributed by atoms with Crippen LogP contribution in [0.3, 0.4) is 0 Å². The van der Waals surface area contributed by atoms with Gasteiger partial charge < -0.3 is 30.1 Å². The number of aromatic nitrogens is 2. The number of halogens is 6. The van der Waals surface area contributed by atoms with Crippen molar-refractivity contribution in [3.63, 3.8) is 0 Å². The van der Waals surface area contributed by atoms with Crippen LogP contribution in [0, 0.1) is 16.0 Å². The van der Waals surface area contributed by atoms with Crippen LogP contribution >= 0.6 is 0 Å². The van der Waals surface area contributed by atoms with Gasteiger partial charge in [-0.1, -0.05) is 19.9 Å². The molecule has 0 saturated carbocycles. The largest absolute Gasteiger partial charge is 0.490 e. The second-order valence-corrected chi connectivity index (χ2v) is 9.05. The summed E-state index contributed by atoms with van der Waals surface area (Å²) in [6.07, 6.45) is -7.28. The minimum absolute atomic E-state index is 0.0861. The van der Waals surface area contributed by atoms with Crippen LogP contribution in [-0.4, -0.2) is 99.1 Å². The average molecular weight is 656 g/mol. The number of amides is 2. The maximum Gasteiger partial charge on any atom is 0.490 e. The third-order valence-electron chi connectivity index (χ3n) is 5.60. The molecule has 1 aliphatic heterocycles. The van der Waals surface area contributed by atoms with Crippen LogP contribution in [0.5, 0.6) is 0 Å². The third kappa shape index (κ3) is 12.1. The summed E-state index contributed by atoms with van der Waals surface area (Å²) >= 11 is 0. The first-order chi connectivity index (χ1) is 20.7. The molecule has 1 aromatic heterocycles. The van der Waals surface area contributed by atoms with Crippen LogP contribution in [-0.2, 0) is 14.3 Å². The van der Waals surface area contributed by atoms with Crippen LogP contribution in [0.2, 0.25) is 0 Å². The molecular weight excluding hydrogens is 630 g/mol. The molecule has 45 heavy (non-hydrogen) atoms. The summed E-state index contributed by atoms with van der Waals surface area (Å²) in [7, 11) is 1.28. The highest BCUT2D eigenvalue weighted by molar-refractivity contribution is 5.90. The average Bonchev–Trinajstić information content (AvgIpc) is 2.96. The van der Waals surface area contributed by atoms with E-state index in [0.717, 1.165) is 0 Å². The van der Waals surface area contributed by atoms with Gasteiger partial charge in [-0.3, -0.25) is 10.1 Å². The van der Waals surface area contributed by atoms with Gasteiger partial charge in [0.05, 0.1) is 30.5 Å². The Morgan fingerprint density at radius 2 is 1.58 bits per heavy atom. The monoisotopic (exact) mass is 656 g/mol. The van der Waals surface area contributed by atoms with Crippen molar-refractivity contribution in [1.82, 2.24) is 14.9 Å². The Hall–Kier alpha value is -5.24. The Labute approximate surface area is 249 Å². The number of aliphatic carboxylic acids is 2. The van der Waals surface area contributed by atoms with Crippen LogP contribution in [0.25, 0.3) is 0 Å². The van der Waals surface area contributed by atoms with E-state index >= 15 is 0 Å². The highest BCUT2D eigenvalue weighted by Crippen LogP contribution is 2.23. The van der Waals surface area contributed by atoms with E-state index < -0.39 is 35.2 Å². The molecular formula is C24H26F6N6O9. The van der Waals surface area contributed by atoms with Gasteiger partial charge in [0.25, 0.3) is 5.69 Å². The molecule has 3 N–H and O–H groups in total. The van der Waals surface area contributed by atoms with Gasteiger partial charge in [0.1, 0.15) is 5.82 Å². The first kappa shape index (κ1) is 37.8. The molecule has 1 aromatic carbocycles. The first-order valence-corrected chi connectivity index (χ1v) is 12.3. The highest BCUT2D eigenvalue weighted by atomic mass is 19.4. The number of methoxy groups -OCH3 is 1. The number of anilines is 2. The molecule has 2 aromatic rings. The van der Waals surface area contributed by atoms with Gasteiger partial charge in [-0.25, -0.2) is 29.1 Å². The lowest BCUT2D eigenvalue weighted by atomic mass is 10.00. The lowest BCUT2D eigenvalue weighted by Gasteiger charge is -2.43. The number of ether oxygens (including phenoxy) is 1. The number of alkyl halides is 6. The molecule has 15 nitrogen and oxygen atoms in total. The number of urea groups is 1. The number of carbonyl (C=O) groups is 4. The first-order valence-electron chi connectivity index (χ1n) is 12.3. The molecule has 0 radical (unpaired) electrons. The van der Waals surface area contributed by atoms with Gasteiger partial charge in [-0.15, -0.1) is 0 Å². The quantitative estimate of drug-likeness (QED) is 0.182. The zero-order valence-electron chi connectivity index (χ0n) is 23.5. The SMILES string of the molecule is COC(=O)c1cnc(N2CCN(C(=O)Nc3cccc([N+](=O)[O-])c3)C(C(C)C)C2)cn1.O=C(O)C(F)(F)F.O=C(O)C(F)(F)F. The van der Waals surface area contributed by atoms with E-state index in [0.29, 0.717) is 31.1 Å². The summed E-state index contributed by atoms with van der Waals surface area (Å²) in [5, 5.41) is 28.0. The molecule has 2 amide bonds. The number of non-ortho nitro benzene ring substituents is 1. The number of nitrogens with one attached hydrogen (secondary N) is 1. The van der Waals surface area contributed by atoms with E-state index in [-0.39, 0.29) is 29.4 Å². The molecule has 0 aliphatic carbocycles. The zero-order chi connectivity index (χ0) is 34.7. The molecule has 1 aliphatic rings. The van der Waals surface area contributed by atoms with E-state index in [4.69, 9.17) is 19.8 Å². The van der Waals surface area contributed by atoms with Gasteiger partial charge in [0.2, 0.25) is 0 Å². The molecule has 0 bridgehead atoms. The van der Waals surface area contributed by atoms with Crippen molar-refractivity contribution in [1.29, 1.82) is 0 Å². The number of esters is 1. The van der Waals surface area contributed by atoms with Crippen molar-refractivity contribution < 1.29 is 65.4 Å². The molecule has 248 valence electrons. The number of piperazine rings is 1. The Morgan fingerprint density at radius 1 is 1.02 bits per heavy atom. The maximum absolute atomic E-state index is 12.9. The van der Waals surface area contributed by atoms with Crippen LogP contribution in [0.4, 0.5) is 48.3 Å². The predicted octanol–water partition coefficient (Wildman–Crippen LogP) is 3.82. The fraction of sp³-hybridized carbons (Fsp3) is 0.417. The number of nitro groups is 1. The van der Waals surface area contributed by atoms with E-state index in [1.807, 2.05) is 18.7 Å². The summed E-state index contributed by atoms with van der Waals surface area (Å²) < 4.78 is 68.1. The molecule has 1 atom stereocenters. The molecule has 3 rings (SSSR count). The van der Waals surface area contributed by atoms with Crippen molar-refractivity contribution in [2.45, 2.75) is 32.2 Å². The summed E-state index contributed by atoms with van der Waals surface area (Å²) in [6, 6.07) is 5.42. The topological polar surface area (TPSA) is 205 Å². The number of rotatable bonds is 5. The van der Waals surface area contributed by atoms with E-state index in [9.17, 15) is 46.0 Å². The third-order valence-corrected chi connectivity index (χ3v) is 5.60. The number of carboxylic acid groups (broad SMARTS) is 2. The molecule has 0 spiro atoms. The second kappa shape index (κ2) is 16.0. The normalized spacial score (nSPS) is 14.7. The van der Waals surface area contributed by atoms with Crippen molar-refractivity contribution in [2.75, 3.05) is 37.0 Å². The summed E-state index contributed by atoms with van der Waals surface area (Å²) in [6.45, 7) is 5.54. The number of nitro benzene ring substituents is 1. The number of carbonyl (C=O) groups excluding carboxylic acids is 2. The lowest BCUT2D eigenvalue weighted by molar-refractivity contribution is -0.384. The Bertz CT molecular complexity index is 1330. The van der Waals surface area contributed by atoms with Gasteiger partial charge in [-0.05, 0) is 12.0 Å². The van der Waals surface area contributed by atoms with Crippen LogP contribution in [0.15, 0.2) is 36.7 Å². The standard InChI is InChI=1S/C20H24N6O5.2C2HF3O2/c1-13(2)17-12-24(18-11-21-16(10-22-18)19(27)31-3)7-8-25(17)20(28)23-14-5-4-6-15(9-14)26(29)30;2*3-2(4,5)1(6)7/h4-6,9-11,13,17H,7-8,12H2,1-3H3,(H,23,28);2*(H,6,7). The predicted molar refractivity (Wildman–Crippen MR) is 140 cm³/mol. The number of hydrogen-bond acceptors (Lipinski definition) is 10. The Morgan fingerprint density at radius 3 is 2.00 bits per heavy atom. The van der Waals surface area contributed by atoms with E-state index in [1.54, 1.807) is 11.0 Å². The maximum atomic E-state index is 12.9. The van der Waals surface area contributed by atoms with Gasteiger partial charge in [0.15, 0.2) is 5.69 Å². The summed E-state index contributed by atoms with van der Waals surface area (Å²) in [5.41, 5.74) is 0.409. The van der Waals surface area contributed by atoms with Crippen molar-refractivity contribution in [3.05, 3.63) is 52.5 Å². The fourth-order valence-electron chi connectivity index (χ4n) is 3.43. The van der Waals surface area contributed by atoms with Crippen molar-refractivity contribution in [3.8, 4) is 0 Å². The van der Waals surface area contributed by atoms with E-state index in [1.165, 1.54) is 37.7 Å². The molecule has 1 unspecified atom stereocenters. The number of nitrogens with zero attached hydrogens (tertiary/aromatic N) is 5. The molecule has 1 fully saturated rings. The summed E-state index contributed by atoms with van der Waals surface area (Å²) in [4.78, 5) is 64.9. The van der Waals surface area contributed by atoms with Gasteiger partial charge in [-0.2, -0.15) is 26.3 Å². The van der Waals surface area contributed by atoms with Gasteiger partial charge in [0, 0.05) is 37.5 Å². The molecule has 1 saturated heterocycles. The van der Waals surface area contributed by atoms with Crippen molar-refractivity contribution >= 4 is 41.1 Å². The van der Waals surface area contributed by atoms with Crippen LogP contribution in [0.1, 0.15) is 24.3 Å². The van der Waals surface area contributed by atoms with E-state index in [2.05, 4.69) is 20.0 Å². The number of benzene rings is 1. The Kier molecular flexibility index (Phi) is 13.4. The number of hydrogen-bond donors (Lipinski definition) is 3. The van der Waals surface area contributed by atoms with Gasteiger partial charge >= 0.3 is 36.3 Å². The minimum atomic E-state index is -5.08. The van der Waals surface area contributed by atoms with Crippen LogP contribution < -0.4 is 10.2 Å². The van der Waals surface area contributed by atoms with Crippen molar-refractivity contribution in [2.24, 2.45) is 5.92 Å². The Balaban J connectivity index is 0.000000601. The lowest BCUT2D eigenvalue weighted by Crippen LogP contribution is -2.58. The smallest absolute Gasteiger partial charge is 0.475 e.